The van der Waals surface area contributed by atoms with Crippen molar-refractivity contribution in [2.24, 2.45) is 0 Å². The molecule has 94 valence electrons. The molecule has 8 heteroatoms. The van der Waals surface area contributed by atoms with Gasteiger partial charge in [0.15, 0.2) is 0 Å². The third kappa shape index (κ3) is 2.59. The summed E-state index contributed by atoms with van der Waals surface area (Å²) < 4.78 is 6.66. The fourth-order valence-corrected chi connectivity index (χ4v) is 1.96. The van der Waals surface area contributed by atoms with E-state index in [-0.39, 0.29) is 5.75 Å². The zero-order chi connectivity index (χ0) is 13.0. The number of benzene rings is 1. The molecule has 0 aliphatic heterocycles. The fraction of sp³-hybridized carbons (Fsp3) is 0.200. The van der Waals surface area contributed by atoms with Crippen LogP contribution in [-0.4, -0.2) is 44.1 Å². The number of tetrazole rings is 1. The van der Waals surface area contributed by atoms with Crippen molar-refractivity contribution in [3.05, 3.63) is 24.3 Å². The van der Waals surface area contributed by atoms with Crippen molar-refractivity contribution in [1.29, 1.82) is 0 Å². The summed E-state index contributed by atoms with van der Waals surface area (Å²) in [6.45, 7) is 0. The summed E-state index contributed by atoms with van der Waals surface area (Å²) in [6, 6.07) is 7.23. The number of hydrogen-bond donors (Lipinski definition) is 1. The number of nitrogens with zero attached hydrogens (tertiary/aromatic N) is 4. The highest BCUT2D eigenvalue weighted by Gasteiger charge is 2.13. The van der Waals surface area contributed by atoms with E-state index in [4.69, 9.17) is 9.84 Å². The zero-order valence-electron chi connectivity index (χ0n) is 9.48. The Hall–Kier alpha value is -2.09. The number of carboxylic acid groups (broad SMARTS) is 1. The maximum Gasteiger partial charge on any atom is 0.313 e. The SMILES string of the molecule is COc1ccccc1-n1nnnc1SCC(=O)O. The quantitative estimate of drug-likeness (QED) is 0.802. The van der Waals surface area contributed by atoms with Crippen LogP contribution in [0.5, 0.6) is 5.75 Å². The molecule has 0 fully saturated rings. The van der Waals surface area contributed by atoms with Crippen molar-refractivity contribution in [3.8, 4) is 11.4 Å². The second-order valence-corrected chi connectivity index (χ2v) is 4.17. The number of methoxy groups -OCH3 is 1. The van der Waals surface area contributed by atoms with Crippen LogP contribution in [0.25, 0.3) is 5.69 Å². The van der Waals surface area contributed by atoms with E-state index in [0.29, 0.717) is 16.6 Å². The van der Waals surface area contributed by atoms with Gasteiger partial charge in [0, 0.05) is 0 Å². The molecular formula is C10H10N4O3S. The molecule has 0 bridgehead atoms. The Morgan fingerprint density at radius 2 is 2.28 bits per heavy atom. The lowest BCUT2D eigenvalue weighted by atomic mass is 10.3. The van der Waals surface area contributed by atoms with E-state index in [2.05, 4.69) is 15.5 Å². The van der Waals surface area contributed by atoms with Crippen LogP contribution in [0.1, 0.15) is 0 Å². The van der Waals surface area contributed by atoms with Gasteiger partial charge in [-0.15, -0.1) is 5.10 Å². The van der Waals surface area contributed by atoms with Crippen molar-refractivity contribution >= 4 is 17.7 Å². The van der Waals surface area contributed by atoms with Crippen molar-refractivity contribution in [1.82, 2.24) is 20.2 Å². The first kappa shape index (κ1) is 12.4. The van der Waals surface area contributed by atoms with Crippen molar-refractivity contribution < 1.29 is 14.6 Å². The molecule has 0 radical (unpaired) electrons. The van der Waals surface area contributed by atoms with Crippen LogP contribution < -0.4 is 4.74 Å². The number of hydrogen-bond acceptors (Lipinski definition) is 6. The van der Waals surface area contributed by atoms with Gasteiger partial charge in [0.05, 0.1) is 12.9 Å². The summed E-state index contributed by atoms with van der Waals surface area (Å²) in [5.74, 6) is -0.410. The predicted molar refractivity (Wildman–Crippen MR) is 64.1 cm³/mol. The number of ether oxygens (including phenoxy) is 1. The molecule has 0 saturated heterocycles. The second-order valence-electron chi connectivity index (χ2n) is 3.23. The Labute approximate surface area is 107 Å². The molecule has 0 amide bonds. The molecule has 1 N–H and O–H groups in total. The Kier molecular flexibility index (Phi) is 3.78. The van der Waals surface area contributed by atoms with Gasteiger partial charge in [-0.1, -0.05) is 23.9 Å². The minimum absolute atomic E-state index is 0.102. The lowest BCUT2D eigenvalue weighted by Gasteiger charge is -2.08. The van der Waals surface area contributed by atoms with Gasteiger partial charge in [-0.3, -0.25) is 4.79 Å². The maximum absolute atomic E-state index is 10.5. The predicted octanol–water partition coefficient (Wildman–Crippen LogP) is 0.848. The molecule has 0 aliphatic rings. The van der Waals surface area contributed by atoms with E-state index in [1.807, 2.05) is 12.1 Å². The Bertz CT molecular complexity index is 558. The lowest BCUT2D eigenvalue weighted by Crippen LogP contribution is -2.04. The molecule has 1 aromatic carbocycles. The Morgan fingerprint density at radius 3 is 3.00 bits per heavy atom. The third-order valence-corrected chi connectivity index (χ3v) is 2.98. The van der Waals surface area contributed by atoms with E-state index in [1.165, 1.54) is 4.68 Å². The number of thioether (sulfide) groups is 1. The van der Waals surface area contributed by atoms with E-state index < -0.39 is 5.97 Å². The topological polar surface area (TPSA) is 90.1 Å². The monoisotopic (exact) mass is 266 g/mol. The van der Waals surface area contributed by atoms with Crippen LogP contribution in [-0.2, 0) is 4.79 Å². The number of aliphatic carboxylic acids is 1. The zero-order valence-corrected chi connectivity index (χ0v) is 10.3. The minimum atomic E-state index is -0.922. The van der Waals surface area contributed by atoms with Gasteiger partial charge in [-0.05, 0) is 22.6 Å². The van der Waals surface area contributed by atoms with E-state index >= 15 is 0 Å². The number of para-hydroxylation sites is 2. The molecule has 7 nitrogen and oxygen atoms in total. The largest absolute Gasteiger partial charge is 0.494 e. The average molecular weight is 266 g/mol. The number of aromatic nitrogens is 4. The molecular weight excluding hydrogens is 256 g/mol. The van der Waals surface area contributed by atoms with Crippen LogP contribution in [0.3, 0.4) is 0 Å². The fourth-order valence-electron chi connectivity index (χ4n) is 1.35. The summed E-state index contributed by atoms with van der Waals surface area (Å²) in [4.78, 5) is 10.5. The van der Waals surface area contributed by atoms with Gasteiger partial charge >= 0.3 is 5.97 Å². The third-order valence-electron chi connectivity index (χ3n) is 2.08. The second kappa shape index (κ2) is 5.50. The number of carbonyl (C=O) groups is 1. The van der Waals surface area contributed by atoms with Gasteiger partial charge in [-0.25, -0.2) is 0 Å². The summed E-state index contributed by atoms with van der Waals surface area (Å²) in [5, 5.41) is 20.2. The van der Waals surface area contributed by atoms with E-state index in [9.17, 15) is 4.79 Å². The van der Waals surface area contributed by atoms with E-state index in [0.717, 1.165) is 11.8 Å². The molecule has 1 aromatic heterocycles. The van der Waals surface area contributed by atoms with Crippen LogP contribution in [0.4, 0.5) is 0 Å². The number of carboxylic acids is 1. The molecule has 0 spiro atoms. The molecule has 2 rings (SSSR count). The molecule has 18 heavy (non-hydrogen) atoms. The van der Waals surface area contributed by atoms with Crippen LogP contribution >= 0.6 is 11.8 Å². The minimum Gasteiger partial charge on any atom is -0.494 e. The van der Waals surface area contributed by atoms with Crippen molar-refractivity contribution in [2.75, 3.05) is 12.9 Å². The lowest BCUT2D eigenvalue weighted by molar-refractivity contribution is -0.133. The van der Waals surface area contributed by atoms with Crippen molar-refractivity contribution in [2.45, 2.75) is 5.16 Å². The van der Waals surface area contributed by atoms with Gasteiger partial charge in [0.1, 0.15) is 11.4 Å². The van der Waals surface area contributed by atoms with Gasteiger partial charge < -0.3 is 9.84 Å². The van der Waals surface area contributed by atoms with Crippen LogP contribution in [0.2, 0.25) is 0 Å². The molecule has 0 saturated carbocycles. The average Bonchev–Trinajstić information content (AvgIpc) is 2.84. The first-order valence-corrected chi connectivity index (χ1v) is 5.97. The summed E-state index contributed by atoms with van der Waals surface area (Å²) >= 11 is 1.05. The molecule has 2 aromatic rings. The summed E-state index contributed by atoms with van der Waals surface area (Å²) in [6.07, 6.45) is 0. The molecule has 1 heterocycles. The highest BCUT2D eigenvalue weighted by Crippen LogP contribution is 2.25. The van der Waals surface area contributed by atoms with Gasteiger partial charge in [-0.2, -0.15) is 4.68 Å². The molecule has 0 aliphatic carbocycles. The van der Waals surface area contributed by atoms with Crippen LogP contribution in [0.15, 0.2) is 29.4 Å². The normalized spacial score (nSPS) is 10.3. The first-order chi connectivity index (χ1) is 8.72. The standard InChI is InChI=1S/C10H10N4O3S/c1-17-8-5-3-2-4-7(8)14-10(11-12-13-14)18-6-9(15)16/h2-5H,6H2,1H3,(H,15,16). The Morgan fingerprint density at radius 1 is 1.50 bits per heavy atom. The van der Waals surface area contributed by atoms with E-state index in [1.54, 1.807) is 19.2 Å². The van der Waals surface area contributed by atoms with Crippen LogP contribution in [0, 0.1) is 0 Å². The number of rotatable bonds is 5. The van der Waals surface area contributed by atoms with Gasteiger partial charge in [0.25, 0.3) is 0 Å². The smallest absolute Gasteiger partial charge is 0.313 e. The van der Waals surface area contributed by atoms with Gasteiger partial charge in [0.2, 0.25) is 5.16 Å². The maximum atomic E-state index is 10.5. The molecule has 0 atom stereocenters. The summed E-state index contributed by atoms with van der Waals surface area (Å²) in [7, 11) is 1.55. The highest BCUT2D eigenvalue weighted by atomic mass is 32.2. The van der Waals surface area contributed by atoms with Crippen molar-refractivity contribution in [3.63, 3.8) is 0 Å². The first-order valence-electron chi connectivity index (χ1n) is 4.98. The highest BCUT2D eigenvalue weighted by molar-refractivity contribution is 7.99. The summed E-state index contributed by atoms with van der Waals surface area (Å²) in [5.41, 5.74) is 0.665. The Balaban J connectivity index is 2.33. The molecule has 0 unspecified atom stereocenters.